The fourth-order valence-electron chi connectivity index (χ4n) is 1.78. The van der Waals surface area contributed by atoms with Crippen molar-refractivity contribution in [1.29, 1.82) is 0 Å². The van der Waals surface area contributed by atoms with E-state index in [0.29, 0.717) is 17.4 Å². The van der Waals surface area contributed by atoms with Gasteiger partial charge < -0.3 is 15.0 Å². The molecule has 92 valence electrons. The van der Waals surface area contributed by atoms with Gasteiger partial charge in [-0.1, -0.05) is 18.2 Å². The summed E-state index contributed by atoms with van der Waals surface area (Å²) in [6.07, 6.45) is 0.723. The molecule has 3 nitrogen and oxygen atoms in total. The molecule has 0 aliphatic carbocycles. The molecule has 0 aliphatic heterocycles. The van der Waals surface area contributed by atoms with E-state index in [-0.39, 0.29) is 23.5 Å². The molecule has 2 aromatic carbocycles. The quantitative estimate of drug-likeness (QED) is 0.818. The van der Waals surface area contributed by atoms with Crippen LogP contribution in [-0.2, 0) is 11.2 Å². The first-order valence-electron chi connectivity index (χ1n) is 5.37. The Balaban J connectivity index is 2.58. The van der Waals surface area contributed by atoms with E-state index in [9.17, 15) is 19.4 Å². The Bertz CT molecular complexity index is 576. The van der Waals surface area contributed by atoms with Crippen molar-refractivity contribution < 1.29 is 19.4 Å². The molecule has 18 heavy (non-hydrogen) atoms. The van der Waals surface area contributed by atoms with E-state index in [1.54, 1.807) is 0 Å². The first-order chi connectivity index (χ1) is 8.63. The Morgan fingerprint density at radius 3 is 2.33 bits per heavy atom. The van der Waals surface area contributed by atoms with E-state index < -0.39 is 5.82 Å². The lowest BCUT2D eigenvalue weighted by molar-refractivity contribution is -0.107. The van der Waals surface area contributed by atoms with Gasteiger partial charge in [0.05, 0.1) is 5.56 Å². The minimum atomic E-state index is -0.401. The van der Waals surface area contributed by atoms with Crippen LogP contribution in [0.15, 0.2) is 36.4 Å². The fraction of sp³-hybridized carbons (Fsp3) is 0.0714. The van der Waals surface area contributed by atoms with Gasteiger partial charge in [-0.2, -0.15) is 0 Å². The Morgan fingerprint density at radius 1 is 1.06 bits per heavy atom. The van der Waals surface area contributed by atoms with Crippen LogP contribution in [0.5, 0.6) is 11.5 Å². The lowest BCUT2D eigenvalue weighted by atomic mass is 9.99. The highest BCUT2D eigenvalue weighted by Crippen LogP contribution is 2.39. The number of aromatic hydroxyl groups is 2. The van der Waals surface area contributed by atoms with Crippen LogP contribution in [0.2, 0.25) is 0 Å². The Hall–Kier alpha value is -2.36. The van der Waals surface area contributed by atoms with Gasteiger partial charge in [-0.05, 0) is 23.8 Å². The van der Waals surface area contributed by atoms with Crippen molar-refractivity contribution in [1.82, 2.24) is 0 Å². The molecule has 0 aromatic heterocycles. The molecule has 0 saturated heterocycles. The normalized spacial score (nSPS) is 10.3. The number of hydrogen-bond donors (Lipinski definition) is 2. The van der Waals surface area contributed by atoms with Gasteiger partial charge in [0, 0.05) is 12.0 Å². The zero-order valence-corrected chi connectivity index (χ0v) is 9.43. The zero-order valence-electron chi connectivity index (χ0n) is 9.43. The number of aldehydes is 1. The molecule has 0 amide bonds. The Morgan fingerprint density at radius 2 is 1.72 bits per heavy atom. The predicted molar refractivity (Wildman–Crippen MR) is 64.9 cm³/mol. The molecular formula is C14H11FO3. The van der Waals surface area contributed by atoms with Crippen LogP contribution in [0.3, 0.4) is 0 Å². The molecule has 0 fully saturated rings. The highest BCUT2D eigenvalue weighted by molar-refractivity contribution is 5.78. The molecule has 0 spiro atoms. The number of hydrogen-bond acceptors (Lipinski definition) is 3. The standard InChI is InChI=1S/C14H11FO3/c15-11-4-1-9(2-5-11)13-12(17)6-3-10(7-8-16)14(13)18/h1-6,8,17-18H,7H2. The molecule has 2 rings (SSSR count). The third kappa shape index (κ3) is 2.18. The molecule has 0 saturated carbocycles. The van der Waals surface area contributed by atoms with Crippen LogP contribution in [0, 0.1) is 5.82 Å². The maximum Gasteiger partial charge on any atom is 0.130 e. The van der Waals surface area contributed by atoms with E-state index in [0.717, 1.165) is 0 Å². The highest BCUT2D eigenvalue weighted by atomic mass is 19.1. The van der Waals surface area contributed by atoms with Crippen molar-refractivity contribution in [2.45, 2.75) is 6.42 Å². The summed E-state index contributed by atoms with van der Waals surface area (Å²) >= 11 is 0. The number of phenols is 2. The minimum absolute atomic E-state index is 0.0559. The number of phenolic OH excluding ortho intramolecular Hbond substituents is 2. The third-order valence-corrected chi connectivity index (χ3v) is 2.68. The summed E-state index contributed by atoms with van der Waals surface area (Å²) in [7, 11) is 0. The van der Waals surface area contributed by atoms with E-state index >= 15 is 0 Å². The summed E-state index contributed by atoms with van der Waals surface area (Å²) in [6.45, 7) is 0. The molecule has 0 bridgehead atoms. The number of carbonyl (C=O) groups excluding carboxylic acids is 1. The summed E-state index contributed by atoms with van der Waals surface area (Å²) in [5.41, 5.74) is 1.11. The van der Waals surface area contributed by atoms with Crippen LogP contribution in [-0.4, -0.2) is 16.5 Å². The van der Waals surface area contributed by atoms with E-state index in [1.165, 1.54) is 36.4 Å². The SMILES string of the molecule is O=CCc1ccc(O)c(-c2ccc(F)cc2)c1O. The number of rotatable bonds is 3. The molecular weight excluding hydrogens is 235 g/mol. The lowest BCUT2D eigenvalue weighted by Crippen LogP contribution is -1.90. The van der Waals surface area contributed by atoms with E-state index in [1.807, 2.05) is 0 Å². The van der Waals surface area contributed by atoms with Gasteiger partial charge in [0.15, 0.2) is 0 Å². The zero-order chi connectivity index (χ0) is 13.1. The van der Waals surface area contributed by atoms with E-state index in [4.69, 9.17) is 0 Å². The second-order valence-corrected chi connectivity index (χ2v) is 3.85. The van der Waals surface area contributed by atoms with Crippen LogP contribution in [0.4, 0.5) is 4.39 Å². The van der Waals surface area contributed by atoms with Crippen molar-refractivity contribution in [3.05, 3.63) is 47.8 Å². The second kappa shape index (κ2) is 4.87. The highest BCUT2D eigenvalue weighted by Gasteiger charge is 2.13. The monoisotopic (exact) mass is 246 g/mol. The molecule has 0 heterocycles. The maximum absolute atomic E-state index is 12.8. The van der Waals surface area contributed by atoms with Crippen molar-refractivity contribution in [2.24, 2.45) is 0 Å². The minimum Gasteiger partial charge on any atom is -0.507 e. The van der Waals surface area contributed by atoms with Crippen molar-refractivity contribution >= 4 is 6.29 Å². The van der Waals surface area contributed by atoms with Crippen LogP contribution in [0.25, 0.3) is 11.1 Å². The van der Waals surface area contributed by atoms with E-state index in [2.05, 4.69) is 0 Å². The van der Waals surface area contributed by atoms with Gasteiger partial charge in [-0.3, -0.25) is 0 Å². The first kappa shape index (κ1) is 12.1. The average Bonchev–Trinajstić information content (AvgIpc) is 2.35. The summed E-state index contributed by atoms with van der Waals surface area (Å²) in [5, 5.41) is 19.8. The molecule has 0 atom stereocenters. The van der Waals surface area contributed by atoms with Gasteiger partial charge in [-0.25, -0.2) is 4.39 Å². The van der Waals surface area contributed by atoms with Crippen molar-refractivity contribution in [2.75, 3.05) is 0 Å². The fourth-order valence-corrected chi connectivity index (χ4v) is 1.78. The molecule has 0 radical (unpaired) electrons. The molecule has 4 heteroatoms. The van der Waals surface area contributed by atoms with Gasteiger partial charge in [0.2, 0.25) is 0 Å². The Labute approximate surface area is 103 Å². The third-order valence-electron chi connectivity index (χ3n) is 2.68. The summed E-state index contributed by atoms with van der Waals surface area (Å²) in [4.78, 5) is 10.5. The van der Waals surface area contributed by atoms with Gasteiger partial charge >= 0.3 is 0 Å². The predicted octanol–water partition coefficient (Wildman–Crippen LogP) is 2.65. The summed E-state index contributed by atoms with van der Waals surface area (Å²) < 4.78 is 12.8. The van der Waals surface area contributed by atoms with Crippen molar-refractivity contribution in [3.63, 3.8) is 0 Å². The summed E-state index contributed by atoms with van der Waals surface area (Å²) in [5.74, 6) is -0.677. The van der Waals surface area contributed by atoms with Gasteiger partial charge in [-0.15, -0.1) is 0 Å². The molecule has 2 aromatic rings. The molecule has 0 aliphatic rings. The van der Waals surface area contributed by atoms with Crippen LogP contribution < -0.4 is 0 Å². The molecule has 2 N–H and O–H groups in total. The smallest absolute Gasteiger partial charge is 0.130 e. The summed E-state index contributed by atoms with van der Waals surface area (Å²) in [6, 6.07) is 8.26. The van der Waals surface area contributed by atoms with Gasteiger partial charge in [0.1, 0.15) is 23.6 Å². The van der Waals surface area contributed by atoms with Crippen LogP contribution in [0.1, 0.15) is 5.56 Å². The number of benzene rings is 2. The second-order valence-electron chi connectivity index (χ2n) is 3.85. The first-order valence-corrected chi connectivity index (χ1v) is 5.37. The number of halogens is 1. The number of carbonyl (C=O) groups is 1. The van der Waals surface area contributed by atoms with Crippen LogP contribution >= 0.6 is 0 Å². The van der Waals surface area contributed by atoms with Crippen molar-refractivity contribution in [3.8, 4) is 22.6 Å². The topological polar surface area (TPSA) is 57.5 Å². The largest absolute Gasteiger partial charge is 0.507 e. The maximum atomic E-state index is 12.8. The lowest BCUT2D eigenvalue weighted by Gasteiger charge is -2.10. The Kier molecular flexibility index (Phi) is 3.28. The van der Waals surface area contributed by atoms with Gasteiger partial charge in [0.25, 0.3) is 0 Å². The molecule has 0 unspecified atom stereocenters. The average molecular weight is 246 g/mol.